The average molecular weight is 283 g/mol. The highest BCUT2D eigenvalue weighted by Crippen LogP contribution is 2.27. The molecular weight excluding hydrogens is 260 g/mol. The average Bonchev–Trinajstić information content (AvgIpc) is 2.60. The smallest absolute Gasteiger partial charge is 0.134 e. The van der Waals surface area contributed by atoms with Crippen LogP contribution in [0.2, 0.25) is 5.02 Å². The minimum atomic E-state index is 0.141. The maximum Gasteiger partial charge on any atom is 0.134 e. The van der Waals surface area contributed by atoms with Gasteiger partial charge in [-0.05, 0) is 57.0 Å². The molecule has 1 aliphatic heterocycles. The standard InChI is InChI=1S/C15H23ClN2O/c1-2-8-18-9-3-4-12(7-10-18)17-13-5-6-15(19)14(16)11-13/h5-6,11-12,17,19H,2-4,7-10H2,1H3. The second-order valence-corrected chi connectivity index (χ2v) is 5.69. The van der Waals surface area contributed by atoms with Crippen molar-refractivity contribution in [3.8, 4) is 5.75 Å². The normalized spacial score (nSPS) is 21.1. The van der Waals surface area contributed by atoms with E-state index in [9.17, 15) is 5.11 Å². The number of hydrogen-bond acceptors (Lipinski definition) is 3. The number of phenolic OH excluding ortho intramolecular Hbond substituents is 1. The van der Waals surface area contributed by atoms with Gasteiger partial charge in [0.1, 0.15) is 5.75 Å². The lowest BCUT2D eigenvalue weighted by molar-refractivity contribution is 0.285. The van der Waals surface area contributed by atoms with Crippen molar-refractivity contribution in [3.05, 3.63) is 23.2 Å². The molecule has 1 saturated heterocycles. The van der Waals surface area contributed by atoms with Crippen molar-refractivity contribution in [2.75, 3.05) is 25.0 Å². The minimum Gasteiger partial charge on any atom is -0.506 e. The number of halogens is 1. The number of benzene rings is 1. The van der Waals surface area contributed by atoms with Crippen LogP contribution in [0.1, 0.15) is 32.6 Å². The van der Waals surface area contributed by atoms with Gasteiger partial charge >= 0.3 is 0 Å². The van der Waals surface area contributed by atoms with Crippen molar-refractivity contribution in [3.63, 3.8) is 0 Å². The fraction of sp³-hybridized carbons (Fsp3) is 0.600. The van der Waals surface area contributed by atoms with Gasteiger partial charge in [-0.25, -0.2) is 0 Å². The summed E-state index contributed by atoms with van der Waals surface area (Å²) in [6, 6.07) is 5.83. The Labute approximate surface area is 120 Å². The second kappa shape index (κ2) is 7.01. The van der Waals surface area contributed by atoms with Crippen LogP contribution >= 0.6 is 11.6 Å². The zero-order valence-corrected chi connectivity index (χ0v) is 12.3. The quantitative estimate of drug-likeness (QED) is 0.826. The van der Waals surface area contributed by atoms with Crippen LogP contribution in [0.5, 0.6) is 5.75 Å². The minimum absolute atomic E-state index is 0.141. The molecule has 1 aromatic rings. The largest absolute Gasteiger partial charge is 0.506 e. The van der Waals surface area contributed by atoms with Crippen LogP contribution in [0.15, 0.2) is 18.2 Å². The third-order valence-corrected chi connectivity index (χ3v) is 3.98. The number of likely N-dealkylation sites (tertiary alicyclic amines) is 1. The number of aromatic hydroxyl groups is 1. The van der Waals surface area contributed by atoms with E-state index in [1.165, 1.54) is 38.8 Å². The number of rotatable bonds is 4. The van der Waals surface area contributed by atoms with E-state index < -0.39 is 0 Å². The van der Waals surface area contributed by atoms with Gasteiger partial charge in [-0.1, -0.05) is 18.5 Å². The monoisotopic (exact) mass is 282 g/mol. The highest BCUT2D eigenvalue weighted by Gasteiger charge is 2.16. The molecule has 1 aromatic carbocycles. The number of nitrogens with one attached hydrogen (secondary N) is 1. The van der Waals surface area contributed by atoms with Gasteiger partial charge in [-0.3, -0.25) is 0 Å². The van der Waals surface area contributed by atoms with Crippen molar-refractivity contribution < 1.29 is 5.11 Å². The zero-order valence-electron chi connectivity index (χ0n) is 11.5. The van der Waals surface area contributed by atoms with E-state index in [1.54, 1.807) is 12.1 Å². The Bertz CT molecular complexity index is 411. The first-order valence-corrected chi connectivity index (χ1v) is 7.54. The molecule has 0 amide bonds. The lowest BCUT2D eigenvalue weighted by Gasteiger charge is -2.20. The summed E-state index contributed by atoms with van der Waals surface area (Å²) in [6.07, 6.45) is 4.83. The van der Waals surface area contributed by atoms with Gasteiger partial charge in [-0.15, -0.1) is 0 Å². The van der Waals surface area contributed by atoms with Crippen LogP contribution in [0.4, 0.5) is 5.69 Å². The van der Waals surface area contributed by atoms with Crippen LogP contribution in [-0.4, -0.2) is 35.7 Å². The van der Waals surface area contributed by atoms with E-state index in [4.69, 9.17) is 11.6 Å². The molecule has 1 unspecified atom stereocenters. The fourth-order valence-corrected chi connectivity index (χ4v) is 2.85. The van der Waals surface area contributed by atoms with Gasteiger partial charge in [0.25, 0.3) is 0 Å². The van der Waals surface area contributed by atoms with E-state index in [0.29, 0.717) is 11.1 Å². The molecule has 2 rings (SSSR count). The molecule has 2 N–H and O–H groups in total. The summed E-state index contributed by atoms with van der Waals surface area (Å²) in [7, 11) is 0. The Morgan fingerprint density at radius 3 is 2.95 bits per heavy atom. The van der Waals surface area contributed by atoms with E-state index in [2.05, 4.69) is 17.1 Å². The molecule has 0 spiro atoms. The summed E-state index contributed by atoms with van der Waals surface area (Å²) in [5.74, 6) is 0.141. The molecule has 0 bridgehead atoms. The predicted molar refractivity (Wildman–Crippen MR) is 81.1 cm³/mol. The summed E-state index contributed by atoms with van der Waals surface area (Å²) in [5.41, 5.74) is 0.997. The SMILES string of the molecule is CCCN1CCCC(Nc2ccc(O)c(Cl)c2)CC1. The summed E-state index contributed by atoms with van der Waals surface area (Å²) in [6.45, 7) is 5.82. The van der Waals surface area contributed by atoms with Gasteiger partial charge < -0.3 is 15.3 Å². The summed E-state index contributed by atoms with van der Waals surface area (Å²) in [4.78, 5) is 2.55. The maximum absolute atomic E-state index is 9.42. The number of phenols is 1. The van der Waals surface area contributed by atoms with Crippen LogP contribution < -0.4 is 5.32 Å². The first-order valence-electron chi connectivity index (χ1n) is 7.16. The Hall–Kier alpha value is -0.930. The molecule has 0 radical (unpaired) electrons. The molecule has 0 aliphatic carbocycles. The fourth-order valence-electron chi connectivity index (χ4n) is 2.67. The molecular formula is C15H23ClN2O. The van der Waals surface area contributed by atoms with Crippen molar-refractivity contribution in [1.29, 1.82) is 0 Å². The molecule has 106 valence electrons. The molecule has 0 aromatic heterocycles. The first kappa shape index (κ1) is 14.5. The molecule has 1 atom stereocenters. The maximum atomic E-state index is 9.42. The van der Waals surface area contributed by atoms with Gasteiger partial charge in [0, 0.05) is 18.3 Å². The Morgan fingerprint density at radius 2 is 2.21 bits per heavy atom. The first-order chi connectivity index (χ1) is 9.19. The number of nitrogens with zero attached hydrogens (tertiary/aromatic N) is 1. The van der Waals surface area contributed by atoms with Crippen LogP contribution in [-0.2, 0) is 0 Å². The van der Waals surface area contributed by atoms with Gasteiger partial charge in [0.15, 0.2) is 0 Å². The topological polar surface area (TPSA) is 35.5 Å². The predicted octanol–water partition coefficient (Wildman–Crippen LogP) is 3.72. The lowest BCUT2D eigenvalue weighted by atomic mass is 10.1. The van der Waals surface area contributed by atoms with Gasteiger partial charge in [-0.2, -0.15) is 0 Å². The third-order valence-electron chi connectivity index (χ3n) is 3.68. The number of anilines is 1. The highest BCUT2D eigenvalue weighted by molar-refractivity contribution is 6.32. The van der Waals surface area contributed by atoms with Crippen molar-refractivity contribution in [2.45, 2.75) is 38.6 Å². The van der Waals surface area contributed by atoms with E-state index in [0.717, 1.165) is 12.2 Å². The number of hydrogen-bond donors (Lipinski definition) is 2. The van der Waals surface area contributed by atoms with Gasteiger partial charge in [0.05, 0.1) is 5.02 Å². The highest BCUT2D eigenvalue weighted by atomic mass is 35.5. The van der Waals surface area contributed by atoms with E-state index >= 15 is 0 Å². The molecule has 19 heavy (non-hydrogen) atoms. The Kier molecular flexibility index (Phi) is 5.34. The van der Waals surface area contributed by atoms with E-state index in [1.807, 2.05) is 6.07 Å². The molecule has 0 saturated carbocycles. The zero-order chi connectivity index (χ0) is 13.7. The van der Waals surface area contributed by atoms with Crippen LogP contribution in [0.25, 0.3) is 0 Å². The van der Waals surface area contributed by atoms with Crippen molar-refractivity contribution >= 4 is 17.3 Å². The molecule has 3 nitrogen and oxygen atoms in total. The van der Waals surface area contributed by atoms with Crippen molar-refractivity contribution in [1.82, 2.24) is 4.90 Å². The van der Waals surface area contributed by atoms with Crippen LogP contribution in [0.3, 0.4) is 0 Å². The molecule has 1 heterocycles. The third kappa shape index (κ3) is 4.29. The Balaban J connectivity index is 1.90. The van der Waals surface area contributed by atoms with Crippen LogP contribution in [0, 0.1) is 0 Å². The summed E-state index contributed by atoms with van der Waals surface area (Å²) >= 11 is 5.93. The van der Waals surface area contributed by atoms with E-state index in [-0.39, 0.29) is 5.75 Å². The van der Waals surface area contributed by atoms with Gasteiger partial charge in [0.2, 0.25) is 0 Å². The lowest BCUT2D eigenvalue weighted by Crippen LogP contribution is -2.27. The van der Waals surface area contributed by atoms with Crippen molar-refractivity contribution in [2.24, 2.45) is 0 Å². The molecule has 1 aliphatic rings. The Morgan fingerprint density at radius 1 is 1.37 bits per heavy atom. The molecule has 1 fully saturated rings. The summed E-state index contributed by atoms with van der Waals surface area (Å²) in [5, 5.41) is 13.4. The summed E-state index contributed by atoms with van der Waals surface area (Å²) < 4.78 is 0. The second-order valence-electron chi connectivity index (χ2n) is 5.28. The molecule has 4 heteroatoms.